The number of amides is 4. The number of nitrogens with one attached hydrogen (secondary N) is 5. The van der Waals surface area contributed by atoms with Gasteiger partial charge in [0, 0.05) is 49.9 Å². The summed E-state index contributed by atoms with van der Waals surface area (Å²) in [6, 6.07) is 20.4. The van der Waals surface area contributed by atoms with Crippen LogP contribution in [0.25, 0.3) is 0 Å². The maximum atomic E-state index is 13.9. The van der Waals surface area contributed by atoms with Crippen molar-refractivity contribution in [3.8, 4) is 0 Å². The van der Waals surface area contributed by atoms with E-state index in [9.17, 15) is 22.8 Å². The third-order valence-electron chi connectivity index (χ3n) is 7.51. The van der Waals surface area contributed by atoms with Gasteiger partial charge in [-0.3, -0.25) is 15.0 Å². The Hall–Kier alpha value is -4.79. The molecule has 1 atom stereocenters. The summed E-state index contributed by atoms with van der Waals surface area (Å²) < 4.78 is 29.7. The molecule has 0 saturated carbocycles. The molecule has 1 saturated heterocycles. The van der Waals surface area contributed by atoms with Gasteiger partial charge in [0.15, 0.2) is 0 Å². The number of piperidine rings is 1. The second-order valence-corrected chi connectivity index (χ2v) is 12.7. The van der Waals surface area contributed by atoms with E-state index in [4.69, 9.17) is 16.9 Å². The average molecular weight is 649 g/mol. The van der Waals surface area contributed by atoms with Crippen LogP contribution in [0.5, 0.6) is 0 Å². The average Bonchev–Trinajstić information content (AvgIpc) is 3.04. The molecule has 1 fully saturated rings. The van der Waals surface area contributed by atoms with Gasteiger partial charge >= 0.3 is 6.03 Å². The lowest BCUT2D eigenvalue weighted by atomic mass is 10.0. The normalized spacial score (nSPS) is 14.2. The van der Waals surface area contributed by atoms with Gasteiger partial charge in [-0.15, -0.1) is 0 Å². The molecule has 14 heteroatoms. The van der Waals surface area contributed by atoms with Crippen LogP contribution in [-0.2, 0) is 32.6 Å². The van der Waals surface area contributed by atoms with Crippen LogP contribution in [0, 0.1) is 5.41 Å². The van der Waals surface area contributed by atoms with Gasteiger partial charge in [-0.05, 0) is 54.7 Å². The fourth-order valence-electron chi connectivity index (χ4n) is 5.11. The van der Waals surface area contributed by atoms with Gasteiger partial charge in [0.1, 0.15) is 11.9 Å². The van der Waals surface area contributed by atoms with Crippen molar-refractivity contribution in [3.05, 3.63) is 95.6 Å². The second-order valence-electron chi connectivity index (χ2n) is 11.0. The minimum absolute atomic E-state index is 0.00613. The van der Waals surface area contributed by atoms with Crippen LogP contribution in [0.1, 0.15) is 36.0 Å². The third kappa shape index (κ3) is 9.86. The third-order valence-corrected chi connectivity index (χ3v) is 8.98. The van der Waals surface area contributed by atoms with Crippen molar-refractivity contribution in [1.82, 2.24) is 20.3 Å². The number of carbonyl (C=O) groups is 3. The van der Waals surface area contributed by atoms with E-state index >= 15 is 0 Å². The van der Waals surface area contributed by atoms with Crippen molar-refractivity contribution < 1.29 is 22.8 Å². The first-order valence-electron chi connectivity index (χ1n) is 15.0. The quantitative estimate of drug-likeness (QED) is 0.107. The molecule has 46 heavy (non-hydrogen) atoms. The summed E-state index contributed by atoms with van der Waals surface area (Å²) in [5, 5.41) is 16.2. The van der Waals surface area contributed by atoms with E-state index in [1.165, 1.54) is 18.2 Å². The van der Waals surface area contributed by atoms with Crippen molar-refractivity contribution >= 4 is 39.4 Å². The monoisotopic (exact) mass is 648 g/mol. The largest absolute Gasteiger partial charge is 0.384 e. The number of likely N-dealkylation sites (tertiary alicyclic amines) is 1. The Morgan fingerprint density at radius 1 is 0.935 bits per heavy atom. The van der Waals surface area contributed by atoms with Crippen LogP contribution >= 0.6 is 0 Å². The lowest BCUT2D eigenvalue weighted by Crippen LogP contribution is -2.54. The minimum atomic E-state index is -4.22. The Labute approximate surface area is 268 Å². The Morgan fingerprint density at radius 2 is 1.63 bits per heavy atom. The van der Waals surface area contributed by atoms with Crippen LogP contribution < -0.4 is 32.1 Å². The van der Waals surface area contributed by atoms with Crippen LogP contribution in [0.15, 0.2) is 83.8 Å². The molecule has 9 N–H and O–H groups in total. The fourth-order valence-corrected chi connectivity index (χ4v) is 6.35. The Kier molecular flexibility index (Phi) is 11.8. The maximum absolute atomic E-state index is 13.9. The van der Waals surface area contributed by atoms with Crippen LogP contribution in [-0.4, -0.2) is 68.7 Å². The number of nitrogens with zero attached hydrogens (tertiary/aromatic N) is 1. The SMILES string of the molecule is N=C(N)c1cccc(C[C@H](NS(=O)(=O)c2cccc(NC(=O)CCN)c2)C(=O)N2CCC(NC(=O)NCc3ccccc3)CC2)c1. The Balaban J connectivity index is 1.45. The molecule has 4 amide bonds. The molecule has 0 bridgehead atoms. The number of anilines is 1. The van der Waals surface area contributed by atoms with Gasteiger partial charge in [-0.1, -0.05) is 54.6 Å². The highest BCUT2D eigenvalue weighted by Crippen LogP contribution is 2.19. The van der Waals surface area contributed by atoms with E-state index in [0.29, 0.717) is 43.6 Å². The predicted molar refractivity (Wildman–Crippen MR) is 175 cm³/mol. The lowest BCUT2D eigenvalue weighted by molar-refractivity contribution is -0.134. The zero-order valence-electron chi connectivity index (χ0n) is 25.4. The predicted octanol–water partition coefficient (Wildman–Crippen LogP) is 1.64. The molecule has 13 nitrogen and oxygen atoms in total. The Bertz CT molecular complexity index is 1640. The van der Waals surface area contributed by atoms with Gasteiger partial charge in [0.05, 0.1) is 4.90 Å². The number of nitrogen functional groups attached to an aromatic ring is 1. The van der Waals surface area contributed by atoms with Crippen LogP contribution in [0.2, 0.25) is 0 Å². The highest BCUT2D eigenvalue weighted by molar-refractivity contribution is 7.89. The van der Waals surface area contributed by atoms with E-state index in [1.807, 2.05) is 30.3 Å². The van der Waals surface area contributed by atoms with E-state index in [-0.39, 0.29) is 53.8 Å². The number of benzene rings is 3. The minimum Gasteiger partial charge on any atom is -0.384 e. The van der Waals surface area contributed by atoms with E-state index < -0.39 is 22.0 Å². The zero-order chi connectivity index (χ0) is 33.1. The van der Waals surface area contributed by atoms with Crippen LogP contribution in [0.3, 0.4) is 0 Å². The van der Waals surface area contributed by atoms with Gasteiger partial charge < -0.3 is 32.3 Å². The first-order valence-corrected chi connectivity index (χ1v) is 16.4. The molecule has 0 radical (unpaired) electrons. The van der Waals surface area contributed by atoms with Crippen molar-refractivity contribution in [2.45, 2.75) is 49.2 Å². The molecule has 244 valence electrons. The molecule has 1 aliphatic heterocycles. The molecule has 0 spiro atoms. The number of urea groups is 1. The summed E-state index contributed by atoms with van der Waals surface area (Å²) in [5.74, 6) is -0.924. The maximum Gasteiger partial charge on any atom is 0.315 e. The highest BCUT2D eigenvalue weighted by Gasteiger charge is 2.32. The number of nitrogens with two attached hydrogens (primary N) is 2. The number of amidine groups is 1. The zero-order valence-corrected chi connectivity index (χ0v) is 26.2. The van der Waals surface area contributed by atoms with E-state index in [1.54, 1.807) is 35.2 Å². The summed E-state index contributed by atoms with van der Waals surface area (Å²) in [6.07, 6.45) is 1.07. The summed E-state index contributed by atoms with van der Waals surface area (Å²) in [4.78, 5) is 39.8. The topological polar surface area (TPSA) is 213 Å². The molecule has 0 unspecified atom stereocenters. The molecule has 4 rings (SSSR count). The smallest absolute Gasteiger partial charge is 0.315 e. The second kappa shape index (κ2) is 16.0. The number of hydrogen-bond donors (Lipinski definition) is 7. The molecule has 1 aliphatic rings. The number of rotatable bonds is 13. The number of sulfonamides is 1. The molecule has 3 aromatic rings. The van der Waals surface area contributed by atoms with E-state index in [0.717, 1.165) is 5.56 Å². The summed E-state index contributed by atoms with van der Waals surface area (Å²) in [6.45, 7) is 1.17. The lowest BCUT2D eigenvalue weighted by Gasteiger charge is -2.34. The molecule has 1 heterocycles. The molecule has 0 aliphatic carbocycles. The first kappa shape index (κ1) is 34.1. The number of hydrogen-bond acceptors (Lipinski definition) is 7. The summed E-state index contributed by atoms with van der Waals surface area (Å²) >= 11 is 0. The summed E-state index contributed by atoms with van der Waals surface area (Å²) in [5.41, 5.74) is 13.4. The fraction of sp³-hybridized carbons (Fsp3) is 0.312. The van der Waals surface area contributed by atoms with Crippen molar-refractivity contribution in [1.29, 1.82) is 5.41 Å². The molecular weight excluding hydrogens is 608 g/mol. The molecular formula is C32H40N8O5S. The first-order chi connectivity index (χ1) is 22.0. The van der Waals surface area contributed by atoms with Gasteiger partial charge in [-0.2, -0.15) is 4.72 Å². The van der Waals surface area contributed by atoms with Crippen molar-refractivity contribution in [2.75, 3.05) is 25.0 Å². The van der Waals surface area contributed by atoms with Gasteiger partial charge in [0.25, 0.3) is 0 Å². The summed E-state index contributed by atoms with van der Waals surface area (Å²) in [7, 11) is -4.22. The van der Waals surface area contributed by atoms with Gasteiger partial charge in [-0.25, -0.2) is 13.2 Å². The number of carbonyl (C=O) groups excluding carboxylic acids is 3. The highest BCUT2D eigenvalue weighted by atomic mass is 32.2. The molecule has 3 aromatic carbocycles. The van der Waals surface area contributed by atoms with Crippen molar-refractivity contribution in [2.24, 2.45) is 11.5 Å². The standard InChI is InChI=1S/C32H40N8O5S/c33-15-12-29(41)37-26-10-5-11-27(20-26)46(44,45)39-28(19-23-8-4-9-24(18-23)30(34)35)31(42)40-16-13-25(14-17-40)38-32(43)36-21-22-6-2-1-3-7-22/h1-11,18,20,25,28,39H,12-17,19,21,33H2,(H3,34,35)(H,37,41)(H2,36,38,43)/t28-/m0/s1. The van der Waals surface area contributed by atoms with E-state index in [2.05, 4.69) is 20.7 Å². The molecule has 0 aromatic heterocycles. The van der Waals surface area contributed by atoms with Crippen molar-refractivity contribution in [3.63, 3.8) is 0 Å². The van der Waals surface area contributed by atoms with Gasteiger partial charge in [0.2, 0.25) is 21.8 Å². The Morgan fingerprint density at radius 3 is 2.33 bits per heavy atom. The van der Waals surface area contributed by atoms with Crippen LogP contribution in [0.4, 0.5) is 10.5 Å².